The maximum Gasteiger partial charge on any atom is 0.317 e. The second-order valence-corrected chi connectivity index (χ2v) is 9.07. The largest absolute Gasteiger partial charge is 0.485 e. The summed E-state index contributed by atoms with van der Waals surface area (Å²) in [5.74, 6) is 0.820. The van der Waals surface area contributed by atoms with Gasteiger partial charge in [-0.15, -0.1) is 0 Å². The summed E-state index contributed by atoms with van der Waals surface area (Å²) in [4.78, 5) is 18.6. The summed E-state index contributed by atoms with van der Waals surface area (Å²) in [5.41, 5.74) is 9.76. The van der Waals surface area contributed by atoms with E-state index >= 15 is 0 Å². The van der Waals surface area contributed by atoms with Crippen LogP contribution in [0.25, 0.3) is 11.3 Å². The van der Waals surface area contributed by atoms with E-state index in [1.807, 2.05) is 42.2 Å². The Kier molecular flexibility index (Phi) is 5.62. The second-order valence-electron chi connectivity index (χ2n) is 8.66. The minimum atomic E-state index is -0.0407. The molecule has 1 atom stereocenters. The number of carbonyl (C=O) groups excluding carboxylic acids is 1. The van der Waals surface area contributed by atoms with Gasteiger partial charge in [-0.2, -0.15) is 5.10 Å². The number of anilines is 1. The molecule has 0 unspecified atom stereocenters. The molecule has 0 aliphatic carbocycles. The number of urea groups is 1. The molecule has 5 rings (SSSR count). The van der Waals surface area contributed by atoms with Crippen LogP contribution in [0.2, 0.25) is 5.02 Å². The molecule has 2 amide bonds. The number of likely N-dealkylation sites (tertiary alicyclic amines) is 1. The van der Waals surface area contributed by atoms with E-state index in [4.69, 9.17) is 27.2 Å². The number of nitrogens with two attached hydrogens (primary N) is 1. The Morgan fingerprint density at radius 2 is 2.09 bits per heavy atom. The summed E-state index contributed by atoms with van der Waals surface area (Å²) in [6.45, 7) is 5.19. The van der Waals surface area contributed by atoms with Gasteiger partial charge in [0, 0.05) is 59.6 Å². The minimum Gasteiger partial charge on any atom is -0.485 e. The zero-order valence-electron chi connectivity index (χ0n) is 18.6. The number of aromatic nitrogens is 3. The lowest BCUT2D eigenvalue weighted by Gasteiger charge is -2.23. The molecule has 3 aromatic rings. The Balaban J connectivity index is 1.36. The average Bonchev–Trinajstić information content (AvgIpc) is 3.51. The van der Waals surface area contributed by atoms with Crippen molar-refractivity contribution in [3.8, 4) is 17.0 Å². The first-order chi connectivity index (χ1) is 16.0. The van der Waals surface area contributed by atoms with Crippen LogP contribution in [-0.2, 0) is 18.6 Å². The molecule has 2 aliphatic rings. The Labute approximate surface area is 197 Å². The van der Waals surface area contributed by atoms with Gasteiger partial charge in [-0.1, -0.05) is 29.8 Å². The monoisotopic (exact) mass is 466 g/mol. The van der Waals surface area contributed by atoms with Crippen molar-refractivity contribution in [2.75, 3.05) is 25.4 Å². The Bertz CT molecular complexity index is 1200. The molecular formula is C24H27ClN6O2. The quantitative estimate of drug-likeness (QED) is 0.595. The summed E-state index contributed by atoms with van der Waals surface area (Å²) in [5, 5.41) is 8.39. The predicted octanol–water partition coefficient (Wildman–Crippen LogP) is 3.84. The number of halogens is 1. The van der Waals surface area contributed by atoms with Gasteiger partial charge < -0.3 is 20.7 Å². The highest BCUT2D eigenvalue weighted by Crippen LogP contribution is 2.44. The summed E-state index contributed by atoms with van der Waals surface area (Å²) < 4.78 is 8.01. The number of fused-ring (bicyclic) bond motifs is 2. The minimum absolute atomic E-state index is 0.00982. The van der Waals surface area contributed by atoms with Crippen LogP contribution in [0, 0.1) is 0 Å². The highest BCUT2D eigenvalue weighted by Gasteiger charge is 2.46. The lowest BCUT2D eigenvalue weighted by Crippen LogP contribution is -2.40. The number of hydrogen-bond acceptors (Lipinski definition) is 5. The van der Waals surface area contributed by atoms with E-state index in [0.717, 1.165) is 49.3 Å². The molecule has 0 saturated carbocycles. The fourth-order valence-corrected chi connectivity index (χ4v) is 5.00. The standard InChI is InChI=1S/C24H27ClN6O2/c1-2-27-23(32)30-9-7-24(15-30)8-10-31-21(24)12-19(29-31)17-11-20(22(26)28-13-17)33-14-16-5-3-4-6-18(16)25/h3-6,11-13H,2,7-10,14-15H2,1H3,(H2,26,28)(H,27,32)/t24-/m1/s1. The van der Waals surface area contributed by atoms with Crippen molar-refractivity contribution in [3.05, 3.63) is 58.9 Å². The van der Waals surface area contributed by atoms with Crippen LogP contribution in [0.4, 0.5) is 10.6 Å². The van der Waals surface area contributed by atoms with Crippen LogP contribution in [-0.4, -0.2) is 45.3 Å². The van der Waals surface area contributed by atoms with Gasteiger partial charge in [0.25, 0.3) is 0 Å². The van der Waals surface area contributed by atoms with E-state index in [1.165, 1.54) is 5.69 Å². The normalized spacial score (nSPS) is 19.2. The van der Waals surface area contributed by atoms with Gasteiger partial charge in [0.2, 0.25) is 0 Å². The van der Waals surface area contributed by atoms with Crippen molar-refractivity contribution < 1.29 is 9.53 Å². The number of pyridine rings is 1. The Morgan fingerprint density at radius 3 is 2.91 bits per heavy atom. The van der Waals surface area contributed by atoms with Gasteiger partial charge >= 0.3 is 6.03 Å². The molecule has 1 spiro atoms. The van der Waals surface area contributed by atoms with Crippen molar-refractivity contribution >= 4 is 23.4 Å². The SMILES string of the molecule is CCNC(=O)N1CC[C@@]2(CCn3nc(-c4cnc(N)c(OCc5ccccc5Cl)c4)cc32)C1. The van der Waals surface area contributed by atoms with Crippen molar-refractivity contribution in [2.24, 2.45) is 0 Å². The van der Waals surface area contributed by atoms with Gasteiger partial charge in [0.05, 0.1) is 5.69 Å². The van der Waals surface area contributed by atoms with Crippen molar-refractivity contribution in [1.29, 1.82) is 0 Å². The summed E-state index contributed by atoms with van der Waals surface area (Å²) in [7, 11) is 0. The zero-order chi connectivity index (χ0) is 23.0. The fourth-order valence-electron chi connectivity index (χ4n) is 4.81. The van der Waals surface area contributed by atoms with Gasteiger partial charge in [0.15, 0.2) is 11.6 Å². The first-order valence-electron chi connectivity index (χ1n) is 11.2. The maximum absolute atomic E-state index is 12.3. The Morgan fingerprint density at radius 1 is 1.27 bits per heavy atom. The molecule has 1 fully saturated rings. The summed E-state index contributed by atoms with van der Waals surface area (Å²) in [6, 6.07) is 11.6. The second kappa shape index (κ2) is 8.59. The summed E-state index contributed by atoms with van der Waals surface area (Å²) >= 11 is 6.24. The lowest BCUT2D eigenvalue weighted by molar-refractivity contribution is 0.206. The third kappa shape index (κ3) is 3.99. The van der Waals surface area contributed by atoms with E-state index in [0.29, 0.717) is 29.7 Å². The van der Waals surface area contributed by atoms with Crippen LogP contribution >= 0.6 is 11.6 Å². The molecule has 1 aromatic carbocycles. The lowest BCUT2D eigenvalue weighted by atomic mass is 9.82. The van der Waals surface area contributed by atoms with Crippen LogP contribution in [0.5, 0.6) is 5.75 Å². The number of carbonyl (C=O) groups is 1. The maximum atomic E-state index is 12.3. The predicted molar refractivity (Wildman–Crippen MR) is 127 cm³/mol. The first-order valence-corrected chi connectivity index (χ1v) is 11.6. The van der Waals surface area contributed by atoms with Gasteiger partial charge in [-0.05, 0) is 38.0 Å². The van der Waals surface area contributed by atoms with Crippen LogP contribution < -0.4 is 15.8 Å². The van der Waals surface area contributed by atoms with Crippen molar-refractivity contribution in [2.45, 2.75) is 38.3 Å². The van der Waals surface area contributed by atoms with Gasteiger partial charge in [-0.25, -0.2) is 9.78 Å². The number of ether oxygens (including phenoxy) is 1. The molecule has 2 aromatic heterocycles. The summed E-state index contributed by atoms with van der Waals surface area (Å²) in [6.07, 6.45) is 3.66. The van der Waals surface area contributed by atoms with E-state index in [1.54, 1.807) is 6.20 Å². The molecule has 172 valence electrons. The van der Waals surface area contributed by atoms with E-state index < -0.39 is 0 Å². The number of nitrogen functional groups attached to an aromatic ring is 1. The van der Waals surface area contributed by atoms with E-state index in [2.05, 4.69) is 21.0 Å². The molecule has 4 heterocycles. The molecule has 33 heavy (non-hydrogen) atoms. The third-order valence-corrected chi connectivity index (χ3v) is 6.98. The molecular weight excluding hydrogens is 440 g/mol. The van der Waals surface area contributed by atoms with Crippen molar-refractivity contribution in [1.82, 2.24) is 25.0 Å². The number of hydrogen-bond donors (Lipinski definition) is 2. The molecule has 2 aliphatic heterocycles. The number of benzene rings is 1. The number of aryl methyl sites for hydroxylation is 1. The highest BCUT2D eigenvalue weighted by atomic mass is 35.5. The van der Waals surface area contributed by atoms with Crippen LogP contribution in [0.15, 0.2) is 42.6 Å². The molecule has 0 bridgehead atoms. The number of amides is 2. The van der Waals surface area contributed by atoms with Crippen LogP contribution in [0.3, 0.4) is 0 Å². The smallest absolute Gasteiger partial charge is 0.317 e. The van der Waals surface area contributed by atoms with Crippen molar-refractivity contribution in [3.63, 3.8) is 0 Å². The Hall–Kier alpha value is -3.26. The first kappa shape index (κ1) is 21.6. The topological polar surface area (TPSA) is 98.3 Å². The fraction of sp³-hybridized carbons (Fsp3) is 0.375. The van der Waals surface area contributed by atoms with Gasteiger partial charge in [0.1, 0.15) is 6.61 Å². The number of nitrogens with zero attached hydrogens (tertiary/aromatic N) is 4. The molecule has 9 heteroatoms. The van der Waals surface area contributed by atoms with E-state index in [9.17, 15) is 4.79 Å². The highest BCUT2D eigenvalue weighted by molar-refractivity contribution is 6.31. The molecule has 8 nitrogen and oxygen atoms in total. The third-order valence-electron chi connectivity index (χ3n) is 6.61. The molecule has 0 radical (unpaired) electrons. The van der Waals surface area contributed by atoms with Crippen LogP contribution in [0.1, 0.15) is 31.0 Å². The molecule has 1 saturated heterocycles. The average molecular weight is 467 g/mol. The number of rotatable bonds is 5. The number of nitrogens with one attached hydrogen (secondary N) is 1. The van der Waals surface area contributed by atoms with E-state index in [-0.39, 0.29) is 11.4 Å². The van der Waals surface area contributed by atoms with Gasteiger partial charge in [-0.3, -0.25) is 4.68 Å². The molecule has 3 N–H and O–H groups in total. The zero-order valence-corrected chi connectivity index (χ0v) is 19.3.